The molecule has 9 nitrogen and oxygen atoms in total. The molecule has 0 saturated heterocycles. The first-order valence-electron chi connectivity index (χ1n) is 7.97. The zero-order valence-electron chi connectivity index (χ0n) is 14.3. The quantitative estimate of drug-likeness (QED) is 0.757. The van der Waals surface area contributed by atoms with Gasteiger partial charge in [-0.05, 0) is 20.2 Å². The van der Waals surface area contributed by atoms with E-state index in [4.69, 9.17) is 9.26 Å². The van der Waals surface area contributed by atoms with E-state index in [-0.39, 0.29) is 0 Å². The molecule has 1 aliphatic rings. The molecule has 9 heteroatoms. The van der Waals surface area contributed by atoms with Gasteiger partial charge in [0.25, 0.3) is 5.89 Å². The molecule has 0 bridgehead atoms. The summed E-state index contributed by atoms with van der Waals surface area (Å²) in [5.41, 5.74) is 1.82. The van der Waals surface area contributed by atoms with Crippen molar-refractivity contribution < 1.29 is 14.4 Å². The Kier molecular flexibility index (Phi) is 5.24. The first-order valence-corrected chi connectivity index (χ1v) is 7.97. The van der Waals surface area contributed by atoms with Crippen LogP contribution in [0.25, 0.3) is 0 Å². The average Bonchev–Trinajstić information content (AvgIpc) is 3.13. The molecule has 3 heterocycles. The molecule has 2 aromatic rings. The van der Waals surface area contributed by atoms with Crippen LogP contribution >= 0.6 is 0 Å². The molecule has 1 atom stereocenters. The van der Waals surface area contributed by atoms with E-state index in [1.165, 1.54) is 0 Å². The van der Waals surface area contributed by atoms with Crippen LogP contribution in [0, 0.1) is 0 Å². The third-order valence-corrected chi connectivity index (χ3v) is 3.92. The fourth-order valence-corrected chi connectivity index (χ4v) is 2.82. The summed E-state index contributed by atoms with van der Waals surface area (Å²) in [6, 6.07) is 1.98. The fraction of sp³-hybridized carbons (Fsp3) is 0.667. The Labute approximate surface area is 140 Å². The largest absolute Gasteiger partial charge is 0.385 e. The van der Waals surface area contributed by atoms with Gasteiger partial charge in [-0.25, -0.2) is 0 Å². The first kappa shape index (κ1) is 17.0. The number of rotatable bonds is 7. The van der Waals surface area contributed by atoms with Crippen LogP contribution in [0.2, 0.25) is 0 Å². The Morgan fingerprint density at radius 2 is 2.25 bits per heavy atom. The van der Waals surface area contributed by atoms with Crippen LogP contribution in [0.4, 0.5) is 0 Å². The van der Waals surface area contributed by atoms with Gasteiger partial charge in [0.05, 0.1) is 24.5 Å². The zero-order valence-corrected chi connectivity index (χ0v) is 14.3. The number of hydrogen-bond acceptors (Lipinski definition) is 8. The molecule has 1 N–H and O–H groups in total. The second-order valence-corrected chi connectivity index (χ2v) is 6.31. The molecule has 24 heavy (non-hydrogen) atoms. The van der Waals surface area contributed by atoms with Crippen molar-refractivity contribution in [2.75, 3.05) is 34.3 Å². The highest BCUT2D eigenvalue weighted by Gasteiger charge is 2.22. The molecule has 3 rings (SSSR count). The number of aliphatic hydroxyl groups excluding tert-OH is 1. The Balaban J connectivity index is 1.62. The monoisotopic (exact) mass is 336 g/mol. The Bertz CT molecular complexity index is 668. The van der Waals surface area contributed by atoms with Gasteiger partial charge < -0.3 is 19.3 Å². The highest BCUT2D eigenvalue weighted by atomic mass is 16.5. The van der Waals surface area contributed by atoms with Crippen molar-refractivity contribution in [3.8, 4) is 0 Å². The van der Waals surface area contributed by atoms with Crippen LogP contribution < -0.4 is 0 Å². The van der Waals surface area contributed by atoms with Crippen molar-refractivity contribution in [2.24, 2.45) is 0 Å². The van der Waals surface area contributed by atoms with Crippen LogP contribution in [0.5, 0.6) is 0 Å². The third-order valence-electron chi connectivity index (χ3n) is 3.92. The number of ether oxygens (including phenoxy) is 1. The van der Waals surface area contributed by atoms with Gasteiger partial charge in [0.2, 0.25) is 0 Å². The number of fused-ring (bicyclic) bond motifs is 1. The lowest BCUT2D eigenvalue weighted by atomic mass is 10.2. The predicted octanol–water partition coefficient (Wildman–Crippen LogP) is 0.0233. The number of aliphatic hydroxyl groups is 1. The predicted molar refractivity (Wildman–Crippen MR) is 84.9 cm³/mol. The molecule has 0 saturated carbocycles. The van der Waals surface area contributed by atoms with E-state index >= 15 is 0 Å². The Morgan fingerprint density at radius 3 is 3.00 bits per heavy atom. The summed E-state index contributed by atoms with van der Waals surface area (Å²) in [7, 11) is 5.46. The fourth-order valence-electron chi connectivity index (χ4n) is 2.82. The molecule has 0 unspecified atom stereocenters. The normalized spacial score (nSPS) is 16.5. The summed E-state index contributed by atoms with van der Waals surface area (Å²) >= 11 is 0. The number of hydrogen-bond donors (Lipinski definition) is 1. The highest BCUT2D eigenvalue weighted by Crippen LogP contribution is 2.19. The van der Waals surface area contributed by atoms with Crippen molar-refractivity contribution in [1.82, 2.24) is 29.7 Å². The number of aromatic nitrogens is 4. The van der Waals surface area contributed by atoms with E-state index < -0.39 is 6.10 Å². The number of likely N-dealkylation sites (N-methyl/N-ethyl adjacent to an activating group) is 1. The summed E-state index contributed by atoms with van der Waals surface area (Å²) < 4.78 is 12.1. The number of methoxy groups -OCH3 is 1. The molecule has 0 aliphatic carbocycles. The average molecular weight is 336 g/mol. The lowest BCUT2D eigenvalue weighted by Gasteiger charge is -2.26. The molecule has 132 valence electrons. The topological polar surface area (TPSA) is 92.7 Å². The van der Waals surface area contributed by atoms with E-state index in [2.05, 4.69) is 20.1 Å². The van der Waals surface area contributed by atoms with Gasteiger partial charge in [0, 0.05) is 26.7 Å². The lowest BCUT2D eigenvalue weighted by Crippen LogP contribution is -2.33. The molecule has 2 aromatic heterocycles. The number of nitrogens with zero attached hydrogens (tertiary/aromatic N) is 6. The minimum atomic E-state index is -0.569. The molecule has 1 aliphatic heterocycles. The SMILES string of the molecule is COCc1nc(CN2CCn3nc([C@@H](O)CN(C)C)cc3C2)no1. The van der Waals surface area contributed by atoms with Crippen molar-refractivity contribution in [1.29, 1.82) is 0 Å². The standard InChI is InChI=1S/C15H24N6O3/c1-19(2)8-13(22)12-6-11-7-20(4-5-21(11)17-12)9-14-16-15(10-23-3)24-18-14/h6,13,22H,4-5,7-10H2,1-3H3/t13-/m0/s1. The molecule has 0 amide bonds. The third kappa shape index (κ3) is 3.99. The smallest absolute Gasteiger partial charge is 0.252 e. The molecule has 0 radical (unpaired) electrons. The maximum absolute atomic E-state index is 10.2. The molecular formula is C15H24N6O3. The summed E-state index contributed by atoms with van der Waals surface area (Å²) in [6.07, 6.45) is -0.569. The summed E-state index contributed by atoms with van der Waals surface area (Å²) in [5.74, 6) is 1.14. The van der Waals surface area contributed by atoms with Gasteiger partial charge in [0.15, 0.2) is 5.82 Å². The van der Waals surface area contributed by atoms with Crippen molar-refractivity contribution >= 4 is 0 Å². The van der Waals surface area contributed by atoms with Gasteiger partial charge in [-0.3, -0.25) is 9.58 Å². The summed E-state index contributed by atoms with van der Waals surface area (Å²) in [6.45, 7) is 3.89. The van der Waals surface area contributed by atoms with Crippen molar-refractivity contribution in [2.45, 2.75) is 32.3 Å². The highest BCUT2D eigenvalue weighted by molar-refractivity contribution is 5.14. The Morgan fingerprint density at radius 1 is 1.42 bits per heavy atom. The maximum Gasteiger partial charge on any atom is 0.252 e. The van der Waals surface area contributed by atoms with Gasteiger partial charge in [-0.15, -0.1) is 0 Å². The first-order chi connectivity index (χ1) is 11.5. The molecule has 0 fully saturated rings. The van der Waals surface area contributed by atoms with Gasteiger partial charge in [0.1, 0.15) is 12.7 Å². The van der Waals surface area contributed by atoms with E-state index in [0.717, 1.165) is 31.0 Å². The zero-order chi connectivity index (χ0) is 17.1. The summed E-state index contributed by atoms with van der Waals surface area (Å²) in [5, 5.41) is 18.7. The second kappa shape index (κ2) is 7.39. The van der Waals surface area contributed by atoms with Gasteiger partial charge in [-0.1, -0.05) is 5.16 Å². The van der Waals surface area contributed by atoms with Crippen LogP contribution in [0.1, 0.15) is 29.2 Å². The van der Waals surface area contributed by atoms with Crippen molar-refractivity contribution in [3.63, 3.8) is 0 Å². The summed E-state index contributed by atoms with van der Waals surface area (Å²) in [4.78, 5) is 8.49. The van der Waals surface area contributed by atoms with Crippen LogP contribution in [0.3, 0.4) is 0 Å². The van der Waals surface area contributed by atoms with Crippen LogP contribution in [-0.4, -0.2) is 69.1 Å². The van der Waals surface area contributed by atoms with E-state index in [9.17, 15) is 5.11 Å². The molecule has 0 aromatic carbocycles. The van der Waals surface area contributed by atoms with Crippen LogP contribution in [0.15, 0.2) is 10.6 Å². The second-order valence-electron chi connectivity index (χ2n) is 6.31. The Hall–Kier alpha value is -1.81. The van der Waals surface area contributed by atoms with E-state index in [0.29, 0.717) is 31.4 Å². The minimum absolute atomic E-state index is 0.326. The molecular weight excluding hydrogens is 312 g/mol. The van der Waals surface area contributed by atoms with E-state index in [1.807, 2.05) is 29.7 Å². The molecule has 0 spiro atoms. The van der Waals surface area contributed by atoms with Crippen molar-refractivity contribution in [3.05, 3.63) is 29.2 Å². The van der Waals surface area contributed by atoms with Gasteiger partial charge in [-0.2, -0.15) is 10.1 Å². The lowest BCUT2D eigenvalue weighted by molar-refractivity contribution is 0.133. The maximum atomic E-state index is 10.2. The van der Waals surface area contributed by atoms with E-state index in [1.54, 1.807) is 7.11 Å². The van der Waals surface area contributed by atoms with Gasteiger partial charge >= 0.3 is 0 Å². The minimum Gasteiger partial charge on any atom is -0.385 e. The van der Waals surface area contributed by atoms with Crippen LogP contribution in [-0.2, 0) is 31.0 Å².